The molecule has 0 aliphatic heterocycles. The van der Waals surface area contributed by atoms with Crippen molar-refractivity contribution in [1.82, 2.24) is 0 Å². The molecule has 2 aromatic rings. The third kappa shape index (κ3) is 2.63. The van der Waals surface area contributed by atoms with E-state index in [0.29, 0.717) is 0 Å². The molecule has 0 spiro atoms. The van der Waals surface area contributed by atoms with E-state index in [1.54, 1.807) is 0 Å². The predicted octanol–water partition coefficient (Wildman–Crippen LogP) is 4.50. The summed E-state index contributed by atoms with van der Waals surface area (Å²) in [5, 5.41) is 2.96. The first kappa shape index (κ1) is 13.4. The van der Waals surface area contributed by atoms with E-state index >= 15 is 0 Å². The summed E-state index contributed by atoms with van der Waals surface area (Å²) in [4.78, 5) is 12.3. The molecule has 0 aromatic heterocycles. The Morgan fingerprint density at radius 1 is 1.10 bits per heavy atom. The number of fused-ring (bicyclic) bond motifs is 1. The lowest BCUT2D eigenvalue weighted by atomic mass is 10.1. The molecule has 0 saturated carbocycles. The van der Waals surface area contributed by atoms with E-state index in [-0.39, 0.29) is 5.91 Å². The summed E-state index contributed by atoms with van der Waals surface area (Å²) in [5.74, 6) is -0.0516. The normalized spacial score (nSPS) is 13.1. The van der Waals surface area contributed by atoms with E-state index in [9.17, 15) is 4.79 Å². The molecular formula is C17H16BrNO. The van der Waals surface area contributed by atoms with Crippen molar-refractivity contribution in [3.8, 4) is 0 Å². The molecule has 2 nitrogen and oxygen atoms in total. The fourth-order valence-electron chi connectivity index (χ4n) is 2.63. The summed E-state index contributed by atoms with van der Waals surface area (Å²) in [6, 6.07) is 11.9. The predicted molar refractivity (Wildman–Crippen MR) is 85.3 cm³/mol. The van der Waals surface area contributed by atoms with Crippen LogP contribution in [-0.4, -0.2) is 5.91 Å². The van der Waals surface area contributed by atoms with Crippen molar-refractivity contribution in [2.75, 3.05) is 5.32 Å². The van der Waals surface area contributed by atoms with Crippen LogP contribution in [0.3, 0.4) is 0 Å². The van der Waals surface area contributed by atoms with Gasteiger partial charge in [-0.25, -0.2) is 0 Å². The van der Waals surface area contributed by atoms with Crippen molar-refractivity contribution < 1.29 is 4.79 Å². The largest absolute Gasteiger partial charge is 0.321 e. The van der Waals surface area contributed by atoms with Crippen molar-refractivity contribution in [1.29, 1.82) is 0 Å². The number of nitrogens with one attached hydrogen (secondary N) is 1. The van der Waals surface area contributed by atoms with Gasteiger partial charge in [0.2, 0.25) is 0 Å². The molecule has 1 aliphatic carbocycles. The fourth-order valence-corrected chi connectivity index (χ4v) is 3.22. The molecule has 0 saturated heterocycles. The first-order valence-electron chi connectivity index (χ1n) is 6.83. The van der Waals surface area contributed by atoms with Gasteiger partial charge in [0.05, 0.1) is 5.69 Å². The van der Waals surface area contributed by atoms with Crippen molar-refractivity contribution in [2.24, 2.45) is 0 Å². The number of amides is 1. The molecule has 20 heavy (non-hydrogen) atoms. The van der Waals surface area contributed by atoms with Gasteiger partial charge in [-0.05, 0) is 83.1 Å². The van der Waals surface area contributed by atoms with Gasteiger partial charge in [-0.3, -0.25) is 4.79 Å². The van der Waals surface area contributed by atoms with Gasteiger partial charge < -0.3 is 5.32 Å². The monoisotopic (exact) mass is 329 g/mol. The van der Waals surface area contributed by atoms with Crippen molar-refractivity contribution in [2.45, 2.75) is 26.2 Å². The Labute approximate surface area is 127 Å². The third-order valence-electron chi connectivity index (χ3n) is 3.73. The minimum absolute atomic E-state index is 0.0516. The van der Waals surface area contributed by atoms with E-state index < -0.39 is 0 Å². The quantitative estimate of drug-likeness (QED) is 0.863. The summed E-state index contributed by atoms with van der Waals surface area (Å²) in [6.07, 6.45) is 3.43. The van der Waals surface area contributed by atoms with Crippen LogP contribution in [0.5, 0.6) is 0 Å². The van der Waals surface area contributed by atoms with E-state index in [2.05, 4.69) is 27.3 Å². The maximum atomic E-state index is 12.3. The van der Waals surface area contributed by atoms with Gasteiger partial charge in [0.15, 0.2) is 0 Å². The maximum Gasteiger partial charge on any atom is 0.255 e. The summed E-state index contributed by atoms with van der Waals surface area (Å²) < 4.78 is 0.909. The van der Waals surface area contributed by atoms with Gasteiger partial charge in [-0.15, -0.1) is 0 Å². The minimum atomic E-state index is -0.0516. The second kappa shape index (κ2) is 5.41. The maximum absolute atomic E-state index is 12.3. The topological polar surface area (TPSA) is 29.1 Å². The smallest absolute Gasteiger partial charge is 0.255 e. The highest BCUT2D eigenvalue weighted by molar-refractivity contribution is 9.10. The van der Waals surface area contributed by atoms with Crippen LogP contribution in [0.25, 0.3) is 0 Å². The van der Waals surface area contributed by atoms with Gasteiger partial charge in [0.25, 0.3) is 5.91 Å². The Bertz CT molecular complexity index is 679. The Kier molecular flexibility index (Phi) is 3.62. The van der Waals surface area contributed by atoms with Gasteiger partial charge >= 0.3 is 0 Å². The number of rotatable bonds is 2. The van der Waals surface area contributed by atoms with Gasteiger partial charge in [-0.2, -0.15) is 0 Å². The Balaban J connectivity index is 1.82. The highest BCUT2D eigenvalue weighted by Gasteiger charge is 2.14. The Hall–Kier alpha value is -1.61. The zero-order valence-corrected chi connectivity index (χ0v) is 13.0. The Morgan fingerprint density at radius 2 is 1.90 bits per heavy atom. The van der Waals surface area contributed by atoms with E-state index in [1.165, 1.54) is 17.5 Å². The highest BCUT2D eigenvalue weighted by Crippen LogP contribution is 2.26. The van der Waals surface area contributed by atoms with E-state index in [4.69, 9.17) is 0 Å². The number of carbonyl (C=O) groups excluding carboxylic acids is 1. The van der Waals surface area contributed by atoms with E-state index in [0.717, 1.165) is 34.1 Å². The number of hydrogen-bond acceptors (Lipinski definition) is 1. The molecule has 3 heteroatoms. The number of hydrogen-bond donors (Lipinski definition) is 1. The van der Waals surface area contributed by atoms with Crippen LogP contribution in [0, 0.1) is 6.92 Å². The molecule has 0 fully saturated rings. The number of aryl methyl sites for hydroxylation is 3. The van der Waals surface area contributed by atoms with Crippen LogP contribution in [0.2, 0.25) is 0 Å². The number of carbonyl (C=O) groups is 1. The summed E-state index contributed by atoms with van der Waals surface area (Å²) in [6.45, 7) is 2.02. The Morgan fingerprint density at radius 3 is 2.70 bits per heavy atom. The summed E-state index contributed by atoms with van der Waals surface area (Å²) >= 11 is 3.48. The van der Waals surface area contributed by atoms with Crippen LogP contribution in [-0.2, 0) is 12.8 Å². The lowest BCUT2D eigenvalue weighted by Gasteiger charge is -2.09. The zero-order chi connectivity index (χ0) is 14.1. The molecule has 1 aliphatic rings. The first-order chi connectivity index (χ1) is 9.63. The molecule has 0 atom stereocenters. The molecular weight excluding hydrogens is 314 g/mol. The average molecular weight is 330 g/mol. The first-order valence-corrected chi connectivity index (χ1v) is 7.62. The summed E-state index contributed by atoms with van der Waals surface area (Å²) in [5.41, 5.74) is 5.41. The van der Waals surface area contributed by atoms with Crippen molar-refractivity contribution in [3.05, 3.63) is 63.1 Å². The lowest BCUT2D eigenvalue weighted by molar-refractivity contribution is 0.102. The fraction of sp³-hybridized carbons (Fsp3) is 0.235. The number of anilines is 1. The molecule has 1 N–H and O–H groups in total. The lowest BCUT2D eigenvalue weighted by Crippen LogP contribution is -2.12. The highest BCUT2D eigenvalue weighted by atomic mass is 79.9. The van der Waals surface area contributed by atoms with Gasteiger partial charge in [-0.1, -0.05) is 12.1 Å². The average Bonchev–Trinajstić information content (AvgIpc) is 2.89. The van der Waals surface area contributed by atoms with Crippen LogP contribution < -0.4 is 5.32 Å². The second-order valence-electron chi connectivity index (χ2n) is 5.27. The van der Waals surface area contributed by atoms with Crippen LogP contribution in [0.1, 0.15) is 33.5 Å². The SMILES string of the molecule is Cc1ccc(NC(=O)c2ccc3c(c2)CCC3)c(Br)c1. The molecule has 1 amide bonds. The third-order valence-corrected chi connectivity index (χ3v) is 4.39. The molecule has 2 aromatic carbocycles. The molecule has 0 radical (unpaired) electrons. The minimum Gasteiger partial charge on any atom is -0.321 e. The van der Waals surface area contributed by atoms with Crippen LogP contribution >= 0.6 is 15.9 Å². The van der Waals surface area contributed by atoms with Gasteiger partial charge in [0, 0.05) is 10.0 Å². The van der Waals surface area contributed by atoms with Gasteiger partial charge in [0.1, 0.15) is 0 Å². The van der Waals surface area contributed by atoms with Crippen LogP contribution in [0.15, 0.2) is 40.9 Å². The standard InChI is InChI=1S/C17H16BrNO/c1-11-5-8-16(15(18)9-11)19-17(20)14-7-6-12-3-2-4-13(12)10-14/h5-10H,2-4H2,1H3,(H,19,20). The molecule has 102 valence electrons. The zero-order valence-electron chi connectivity index (χ0n) is 11.4. The van der Waals surface area contributed by atoms with Crippen molar-refractivity contribution in [3.63, 3.8) is 0 Å². The molecule has 0 heterocycles. The molecule has 0 bridgehead atoms. The summed E-state index contributed by atoms with van der Waals surface area (Å²) in [7, 11) is 0. The number of halogens is 1. The molecule has 3 rings (SSSR count). The molecule has 0 unspecified atom stereocenters. The van der Waals surface area contributed by atoms with E-state index in [1.807, 2.05) is 37.3 Å². The van der Waals surface area contributed by atoms with Crippen molar-refractivity contribution >= 4 is 27.5 Å². The number of benzene rings is 2. The van der Waals surface area contributed by atoms with Crippen LogP contribution in [0.4, 0.5) is 5.69 Å². The second-order valence-corrected chi connectivity index (χ2v) is 6.13.